The van der Waals surface area contributed by atoms with Gasteiger partial charge in [0.2, 0.25) is 0 Å². The molecular weight excluding hydrogens is 380 g/mol. The van der Waals surface area contributed by atoms with Gasteiger partial charge in [0, 0.05) is 24.2 Å². The lowest BCUT2D eigenvalue weighted by Gasteiger charge is -2.24. The standard InChI is InChI=1S/C20H16N2O7/c23-15(24)10-11-21-17(12-6-8-14(9-7-12)22(28)29)16(19(26)20(21)27)18(25)13-4-2-1-3-5-13/h1-9,17,25H,10-11H2,(H,23,24)/b18-16+/t17-/m1/s1. The highest BCUT2D eigenvalue weighted by atomic mass is 16.6. The number of non-ortho nitro benzene ring substituents is 1. The van der Waals surface area contributed by atoms with E-state index in [1.807, 2.05) is 0 Å². The summed E-state index contributed by atoms with van der Waals surface area (Å²) in [6, 6.07) is 12.3. The fraction of sp³-hybridized carbons (Fsp3) is 0.150. The van der Waals surface area contributed by atoms with Crippen LogP contribution in [0.1, 0.15) is 23.6 Å². The molecule has 1 fully saturated rings. The molecule has 0 radical (unpaired) electrons. The van der Waals surface area contributed by atoms with E-state index in [9.17, 15) is 29.6 Å². The summed E-state index contributed by atoms with van der Waals surface area (Å²) in [5, 5.41) is 30.6. The van der Waals surface area contributed by atoms with Crippen molar-refractivity contribution in [2.24, 2.45) is 0 Å². The molecule has 1 saturated heterocycles. The number of hydrogen-bond acceptors (Lipinski definition) is 6. The van der Waals surface area contributed by atoms with Crippen LogP contribution < -0.4 is 0 Å². The van der Waals surface area contributed by atoms with Crippen LogP contribution in [0.2, 0.25) is 0 Å². The Morgan fingerprint density at radius 1 is 1.03 bits per heavy atom. The lowest BCUT2D eigenvalue weighted by atomic mass is 9.95. The molecule has 3 rings (SSSR count). The number of amides is 1. The second-order valence-corrected chi connectivity index (χ2v) is 6.35. The fourth-order valence-corrected chi connectivity index (χ4v) is 3.20. The van der Waals surface area contributed by atoms with Gasteiger partial charge in [0.15, 0.2) is 0 Å². The summed E-state index contributed by atoms with van der Waals surface area (Å²) in [5.74, 6) is -3.44. The average Bonchev–Trinajstić information content (AvgIpc) is 2.97. The van der Waals surface area contributed by atoms with Gasteiger partial charge >= 0.3 is 5.97 Å². The third-order valence-corrected chi connectivity index (χ3v) is 4.57. The van der Waals surface area contributed by atoms with E-state index in [4.69, 9.17) is 5.11 Å². The minimum atomic E-state index is -1.16. The van der Waals surface area contributed by atoms with E-state index in [2.05, 4.69) is 0 Å². The Bertz CT molecular complexity index is 1010. The molecule has 1 heterocycles. The molecule has 9 heteroatoms. The Morgan fingerprint density at radius 3 is 2.21 bits per heavy atom. The normalized spacial score (nSPS) is 18.1. The summed E-state index contributed by atoms with van der Waals surface area (Å²) in [4.78, 5) is 47.6. The van der Waals surface area contributed by atoms with Gasteiger partial charge in [-0.15, -0.1) is 0 Å². The van der Waals surface area contributed by atoms with Crippen LogP contribution in [0.25, 0.3) is 5.76 Å². The van der Waals surface area contributed by atoms with Crippen molar-refractivity contribution in [3.8, 4) is 0 Å². The van der Waals surface area contributed by atoms with Crippen molar-refractivity contribution in [2.75, 3.05) is 6.54 Å². The lowest BCUT2D eigenvalue weighted by Crippen LogP contribution is -2.31. The predicted octanol–water partition coefficient (Wildman–Crippen LogP) is 2.49. The molecule has 2 aromatic rings. The minimum Gasteiger partial charge on any atom is -0.507 e. The van der Waals surface area contributed by atoms with Crippen LogP contribution >= 0.6 is 0 Å². The zero-order valence-electron chi connectivity index (χ0n) is 15.0. The molecule has 1 atom stereocenters. The molecular formula is C20H16N2O7. The molecule has 2 aromatic carbocycles. The third-order valence-electron chi connectivity index (χ3n) is 4.57. The van der Waals surface area contributed by atoms with Crippen LogP contribution in [-0.2, 0) is 14.4 Å². The van der Waals surface area contributed by atoms with E-state index in [1.165, 1.54) is 24.3 Å². The van der Waals surface area contributed by atoms with Gasteiger partial charge < -0.3 is 15.1 Å². The van der Waals surface area contributed by atoms with Crippen molar-refractivity contribution in [3.05, 3.63) is 81.4 Å². The quantitative estimate of drug-likeness (QED) is 0.251. The first kappa shape index (κ1) is 19.7. The first-order valence-corrected chi connectivity index (χ1v) is 8.61. The number of ketones is 1. The fourth-order valence-electron chi connectivity index (χ4n) is 3.20. The van der Waals surface area contributed by atoms with Gasteiger partial charge in [0.25, 0.3) is 17.4 Å². The lowest BCUT2D eigenvalue weighted by molar-refractivity contribution is -0.384. The summed E-state index contributed by atoms with van der Waals surface area (Å²) < 4.78 is 0. The largest absolute Gasteiger partial charge is 0.507 e. The maximum atomic E-state index is 12.7. The van der Waals surface area contributed by atoms with Gasteiger partial charge in [-0.1, -0.05) is 30.3 Å². The number of aliphatic hydroxyl groups is 1. The number of carbonyl (C=O) groups is 3. The topological polar surface area (TPSA) is 138 Å². The maximum absolute atomic E-state index is 12.7. The predicted molar refractivity (Wildman–Crippen MR) is 101 cm³/mol. The van der Waals surface area contributed by atoms with Gasteiger partial charge in [-0.05, 0) is 17.7 Å². The summed E-state index contributed by atoms with van der Waals surface area (Å²) >= 11 is 0. The SMILES string of the molecule is O=C(O)CCN1C(=O)C(=O)/C(=C(/O)c2ccccc2)[C@H]1c1ccc([N+](=O)[O-])cc1. The number of nitrogens with zero attached hydrogens (tertiary/aromatic N) is 2. The molecule has 1 amide bonds. The number of nitro groups is 1. The molecule has 1 aliphatic heterocycles. The van der Waals surface area contributed by atoms with Gasteiger partial charge in [-0.25, -0.2) is 0 Å². The van der Waals surface area contributed by atoms with Crippen LogP contribution in [0.15, 0.2) is 60.2 Å². The first-order chi connectivity index (χ1) is 13.8. The van der Waals surface area contributed by atoms with Crippen LogP contribution in [0.4, 0.5) is 5.69 Å². The summed E-state index contributed by atoms with van der Waals surface area (Å²) in [7, 11) is 0. The number of carbonyl (C=O) groups excluding carboxylic acids is 2. The smallest absolute Gasteiger partial charge is 0.305 e. The maximum Gasteiger partial charge on any atom is 0.305 e. The monoisotopic (exact) mass is 396 g/mol. The number of aliphatic hydroxyl groups excluding tert-OH is 1. The molecule has 0 aliphatic carbocycles. The number of hydrogen-bond donors (Lipinski definition) is 2. The molecule has 0 aromatic heterocycles. The molecule has 0 saturated carbocycles. The van der Waals surface area contributed by atoms with Crippen molar-refractivity contribution in [3.63, 3.8) is 0 Å². The molecule has 0 unspecified atom stereocenters. The van der Waals surface area contributed by atoms with Crippen molar-refractivity contribution in [1.82, 2.24) is 4.90 Å². The Balaban J connectivity index is 2.14. The number of nitro benzene ring substituents is 1. The van der Waals surface area contributed by atoms with E-state index in [-0.39, 0.29) is 17.8 Å². The summed E-state index contributed by atoms with van der Waals surface area (Å²) in [6.45, 7) is -0.257. The highest BCUT2D eigenvalue weighted by molar-refractivity contribution is 6.46. The minimum absolute atomic E-state index is 0.181. The van der Waals surface area contributed by atoms with Gasteiger partial charge in [-0.2, -0.15) is 0 Å². The molecule has 148 valence electrons. The van der Waals surface area contributed by atoms with E-state index < -0.39 is 40.8 Å². The second kappa shape index (κ2) is 7.93. The van der Waals surface area contributed by atoms with Gasteiger partial charge in [-0.3, -0.25) is 24.5 Å². The number of carboxylic acid groups (broad SMARTS) is 1. The third kappa shape index (κ3) is 3.84. The van der Waals surface area contributed by atoms with Crippen molar-refractivity contribution >= 4 is 29.1 Å². The Labute approximate surface area is 164 Å². The molecule has 0 bridgehead atoms. The van der Waals surface area contributed by atoms with E-state index >= 15 is 0 Å². The molecule has 1 aliphatic rings. The van der Waals surface area contributed by atoms with Crippen LogP contribution in [0.5, 0.6) is 0 Å². The first-order valence-electron chi connectivity index (χ1n) is 8.61. The molecule has 29 heavy (non-hydrogen) atoms. The van der Waals surface area contributed by atoms with Crippen LogP contribution in [0.3, 0.4) is 0 Å². The number of benzene rings is 2. The highest BCUT2D eigenvalue weighted by Gasteiger charge is 2.46. The number of carboxylic acids is 1. The van der Waals surface area contributed by atoms with E-state index in [0.717, 1.165) is 4.90 Å². The van der Waals surface area contributed by atoms with Gasteiger partial charge in [0.05, 0.1) is 23.0 Å². The Hall–Kier alpha value is -4.01. The van der Waals surface area contributed by atoms with Gasteiger partial charge in [0.1, 0.15) is 5.76 Å². The van der Waals surface area contributed by atoms with Crippen LogP contribution in [-0.4, -0.2) is 44.2 Å². The molecule has 9 nitrogen and oxygen atoms in total. The van der Waals surface area contributed by atoms with Crippen LogP contribution in [0, 0.1) is 10.1 Å². The van der Waals surface area contributed by atoms with E-state index in [1.54, 1.807) is 30.3 Å². The molecule has 2 N–H and O–H groups in total. The number of aliphatic carboxylic acids is 1. The zero-order valence-corrected chi connectivity index (χ0v) is 15.0. The number of likely N-dealkylation sites (tertiary alicyclic amines) is 1. The summed E-state index contributed by atoms with van der Waals surface area (Å²) in [6.07, 6.45) is -0.401. The zero-order chi connectivity index (χ0) is 21.1. The summed E-state index contributed by atoms with van der Waals surface area (Å²) in [5.41, 5.74) is 0.285. The number of Topliss-reactive ketones (excluding diaryl/α,β-unsaturated/α-hetero) is 1. The Morgan fingerprint density at radius 2 is 1.66 bits per heavy atom. The number of rotatable bonds is 6. The highest BCUT2D eigenvalue weighted by Crippen LogP contribution is 2.39. The molecule has 0 spiro atoms. The van der Waals surface area contributed by atoms with E-state index in [0.29, 0.717) is 11.1 Å². The van der Waals surface area contributed by atoms with Crippen molar-refractivity contribution in [2.45, 2.75) is 12.5 Å². The van der Waals surface area contributed by atoms with Crippen molar-refractivity contribution < 1.29 is 29.5 Å². The Kier molecular flexibility index (Phi) is 5.40. The average molecular weight is 396 g/mol. The second-order valence-electron chi connectivity index (χ2n) is 6.35. The van der Waals surface area contributed by atoms with Crippen molar-refractivity contribution in [1.29, 1.82) is 0 Å².